The van der Waals surface area contributed by atoms with Crippen molar-refractivity contribution >= 4 is 0 Å². The molecule has 0 aromatic carbocycles. The molecule has 166 valence electrons. The summed E-state index contributed by atoms with van der Waals surface area (Å²) in [4.78, 5) is 0. The SMILES string of the molecule is CCCCCCCCCC1OC1COC1(CCCCCCCCC)OC1CO. The Labute approximate surface area is 173 Å². The maximum atomic E-state index is 9.46. The molecule has 4 unspecified atom stereocenters. The number of ether oxygens (including phenoxy) is 3. The van der Waals surface area contributed by atoms with Gasteiger partial charge in [0.2, 0.25) is 0 Å². The van der Waals surface area contributed by atoms with Gasteiger partial charge in [-0.3, -0.25) is 0 Å². The van der Waals surface area contributed by atoms with E-state index in [9.17, 15) is 5.11 Å². The van der Waals surface area contributed by atoms with Crippen LogP contribution in [-0.4, -0.2) is 42.4 Å². The number of hydrogen-bond donors (Lipinski definition) is 1. The fourth-order valence-electron chi connectivity index (χ4n) is 4.24. The molecule has 4 heteroatoms. The van der Waals surface area contributed by atoms with Crippen molar-refractivity contribution in [2.45, 2.75) is 141 Å². The molecule has 2 rings (SSSR count). The highest BCUT2D eigenvalue weighted by atomic mass is 16.8. The predicted molar refractivity (Wildman–Crippen MR) is 115 cm³/mol. The minimum atomic E-state index is -0.520. The van der Waals surface area contributed by atoms with Crippen LogP contribution in [0.5, 0.6) is 0 Å². The molecule has 0 aromatic heterocycles. The van der Waals surface area contributed by atoms with Crippen molar-refractivity contribution in [2.75, 3.05) is 13.2 Å². The third-order valence-electron chi connectivity index (χ3n) is 6.34. The van der Waals surface area contributed by atoms with Crippen molar-refractivity contribution in [3.63, 3.8) is 0 Å². The largest absolute Gasteiger partial charge is 0.393 e. The third kappa shape index (κ3) is 9.11. The van der Waals surface area contributed by atoms with E-state index < -0.39 is 5.79 Å². The Hall–Kier alpha value is -0.160. The van der Waals surface area contributed by atoms with Gasteiger partial charge in [-0.1, -0.05) is 97.3 Å². The van der Waals surface area contributed by atoms with Crippen molar-refractivity contribution in [1.29, 1.82) is 0 Å². The second kappa shape index (κ2) is 14.0. The smallest absolute Gasteiger partial charge is 0.197 e. The Bertz CT molecular complexity index is 389. The van der Waals surface area contributed by atoms with Gasteiger partial charge >= 0.3 is 0 Å². The minimum Gasteiger partial charge on any atom is -0.393 e. The number of aliphatic hydroxyl groups excluding tert-OH is 1. The molecule has 28 heavy (non-hydrogen) atoms. The van der Waals surface area contributed by atoms with Crippen LogP contribution < -0.4 is 0 Å². The lowest BCUT2D eigenvalue weighted by atomic mass is 10.0. The number of rotatable bonds is 20. The number of epoxide rings is 2. The predicted octanol–water partition coefficient (Wildman–Crippen LogP) is 6.14. The summed E-state index contributed by atoms with van der Waals surface area (Å²) in [6.45, 7) is 5.20. The van der Waals surface area contributed by atoms with Crippen LogP contribution in [-0.2, 0) is 14.2 Å². The van der Waals surface area contributed by atoms with E-state index in [1.54, 1.807) is 0 Å². The summed E-state index contributed by atoms with van der Waals surface area (Å²) in [6, 6.07) is 0. The second-order valence-corrected chi connectivity index (χ2v) is 8.91. The van der Waals surface area contributed by atoms with E-state index in [0.717, 1.165) is 19.3 Å². The van der Waals surface area contributed by atoms with E-state index in [1.165, 1.54) is 83.5 Å². The molecule has 0 amide bonds. The van der Waals surface area contributed by atoms with E-state index >= 15 is 0 Å². The molecule has 0 aliphatic carbocycles. The van der Waals surface area contributed by atoms with Gasteiger partial charge in [0.1, 0.15) is 12.2 Å². The molecule has 2 heterocycles. The average Bonchev–Trinajstić information content (AvgIpc) is 3.61. The van der Waals surface area contributed by atoms with Crippen LogP contribution in [0.4, 0.5) is 0 Å². The normalized spacial score (nSPS) is 28.6. The van der Waals surface area contributed by atoms with Gasteiger partial charge in [0.25, 0.3) is 0 Å². The van der Waals surface area contributed by atoms with E-state index in [0.29, 0.717) is 12.7 Å². The Balaban J connectivity index is 1.48. The Morgan fingerprint density at radius 3 is 1.89 bits per heavy atom. The molecule has 2 fully saturated rings. The highest BCUT2D eigenvalue weighted by Gasteiger charge is 2.58. The zero-order chi connectivity index (χ0) is 20.1. The fraction of sp³-hybridized carbons (Fsp3) is 1.00. The van der Waals surface area contributed by atoms with Crippen molar-refractivity contribution in [3.05, 3.63) is 0 Å². The standard InChI is InChI=1S/C24H46O4/c1-3-5-7-9-11-13-15-17-21-22(27-21)20-26-24(23(19-25)28-24)18-16-14-12-10-8-6-4-2/h21-23,25H,3-20H2,1-2H3. The molecule has 2 aliphatic heterocycles. The Morgan fingerprint density at radius 2 is 1.32 bits per heavy atom. The first-order valence-corrected chi connectivity index (χ1v) is 12.3. The van der Waals surface area contributed by atoms with Gasteiger partial charge < -0.3 is 19.3 Å². The van der Waals surface area contributed by atoms with Crippen LogP contribution in [0.3, 0.4) is 0 Å². The molecule has 4 atom stereocenters. The number of aliphatic hydroxyl groups is 1. The summed E-state index contributed by atoms with van der Waals surface area (Å²) < 4.78 is 17.6. The van der Waals surface area contributed by atoms with Crippen molar-refractivity contribution < 1.29 is 19.3 Å². The minimum absolute atomic E-state index is 0.0590. The van der Waals surface area contributed by atoms with Gasteiger partial charge in [-0.15, -0.1) is 0 Å². The van der Waals surface area contributed by atoms with Gasteiger partial charge in [0.05, 0.1) is 19.3 Å². The first-order chi connectivity index (χ1) is 13.8. The molecule has 0 radical (unpaired) electrons. The van der Waals surface area contributed by atoms with Crippen LogP contribution in [0, 0.1) is 0 Å². The van der Waals surface area contributed by atoms with Crippen LogP contribution in [0.15, 0.2) is 0 Å². The first kappa shape index (κ1) is 24.1. The third-order valence-corrected chi connectivity index (χ3v) is 6.34. The molecular weight excluding hydrogens is 352 g/mol. The molecule has 4 nitrogen and oxygen atoms in total. The highest BCUT2D eigenvalue weighted by Crippen LogP contribution is 2.43. The van der Waals surface area contributed by atoms with Gasteiger partial charge in [-0.05, 0) is 12.8 Å². The van der Waals surface area contributed by atoms with E-state index in [-0.39, 0.29) is 18.8 Å². The Morgan fingerprint density at radius 1 is 0.750 bits per heavy atom. The zero-order valence-electron chi connectivity index (χ0n) is 18.6. The molecule has 2 saturated heterocycles. The van der Waals surface area contributed by atoms with Crippen molar-refractivity contribution in [2.24, 2.45) is 0 Å². The lowest BCUT2D eigenvalue weighted by Gasteiger charge is -2.13. The highest BCUT2D eigenvalue weighted by molar-refractivity contribution is 4.96. The molecule has 1 N–H and O–H groups in total. The quantitative estimate of drug-likeness (QED) is 0.198. The van der Waals surface area contributed by atoms with Crippen LogP contribution in [0.2, 0.25) is 0 Å². The average molecular weight is 399 g/mol. The molecule has 2 aliphatic rings. The number of hydrogen-bond acceptors (Lipinski definition) is 4. The molecule has 0 spiro atoms. The van der Waals surface area contributed by atoms with E-state index in [1.807, 2.05) is 0 Å². The lowest BCUT2D eigenvalue weighted by Crippen LogP contribution is -2.24. The summed E-state index contributed by atoms with van der Waals surface area (Å²) in [7, 11) is 0. The lowest BCUT2D eigenvalue weighted by molar-refractivity contribution is -0.0561. The molecule has 0 saturated carbocycles. The van der Waals surface area contributed by atoms with Crippen LogP contribution >= 0.6 is 0 Å². The second-order valence-electron chi connectivity index (χ2n) is 8.91. The first-order valence-electron chi connectivity index (χ1n) is 12.3. The Kier molecular flexibility index (Phi) is 12.0. The van der Waals surface area contributed by atoms with Gasteiger partial charge in [0.15, 0.2) is 5.79 Å². The summed E-state index contributed by atoms with van der Waals surface area (Å²) >= 11 is 0. The molecular formula is C24H46O4. The van der Waals surface area contributed by atoms with Crippen LogP contribution in [0.1, 0.15) is 117 Å². The summed E-state index contributed by atoms with van der Waals surface area (Å²) in [5.74, 6) is -0.520. The molecule has 0 bridgehead atoms. The van der Waals surface area contributed by atoms with Gasteiger partial charge in [0, 0.05) is 6.42 Å². The summed E-state index contributed by atoms with van der Waals surface area (Å²) in [5, 5.41) is 9.46. The summed E-state index contributed by atoms with van der Waals surface area (Å²) in [5.41, 5.74) is 0. The zero-order valence-corrected chi connectivity index (χ0v) is 18.6. The monoisotopic (exact) mass is 398 g/mol. The van der Waals surface area contributed by atoms with Crippen molar-refractivity contribution in [1.82, 2.24) is 0 Å². The topological polar surface area (TPSA) is 54.5 Å². The summed E-state index contributed by atoms with van der Waals surface area (Å²) in [6.07, 6.45) is 21.0. The van der Waals surface area contributed by atoms with E-state index in [2.05, 4.69) is 13.8 Å². The molecule has 0 aromatic rings. The fourth-order valence-corrected chi connectivity index (χ4v) is 4.24. The van der Waals surface area contributed by atoms with E-state index in [4.69, 9.17) is 14.2 Å². The van der Waals surface area contributed by atoms with Gasteiger partial charge in [-0.25, -0.2) is 0 Å². The van der Waals surface area contributed by atoms with Crippen molar-refractivity contribution in [3.8, 4) is 0 Å². The van der Waals surface area contributed by atoms with Crippen LogP contribution in [0.25, 0.3) is 0 Å². The number of unbranched alkanes of at least 4 members (excludes halogenated alkanes) is 12. The maximum absolute atomic E-state index is 9.46. The maximum Gasteiger partial charge on any atom is 0.197 e. The van der Waals surface area contributed by atoms with Gasteiger partial charge in [-0.2, -0.15) is 0 Å².